The topological polar surface area (TPSA) is 111 Å². The Labute approximate surface area is 148 Å². The first-order valence-electron chi connectivity index (χ1n) is 8.03. The Kier molecular flexibility index (Phi) is 3.45. The Morgan fingerprint density at radius 2 is 2.04 bits per heavy atom. The van der Waals surface area contributed by atoms with Crippen LogP contribution in [-0.4, -0.2) is 57.6 Å². The van der Waals surface area contributed by atoms with Crippen molar-refractivity contribution in [1.82, 2.24) is 14.9 Å². The van der Waals surface area contributed by atoms with Gasteiger partial charge in [-0.3, -0.25) is 9.69 Å². The zero-order chi connectivity index (χ0) is 18.6. The summed E-state index contributed by atoms with van der Waals surface area (Å²) in [6, 6.07) is 6.16. The molecule has 1 aromatic carbocycles. The second-order valence-electron chi connectivity index (χ2n) is 6.51. The number of hydrogen-bond acceptors (Lipinski definition) is 5. The largest absolute Gasteiger partial charge is 0.508 e. The molecule has 1 unspecified atom stereocenters. The Hall–Kier alpha value is -3.39. The number of aromatic hydroxyl groups is 1. The van der Waals surface area contributed by atoms with E-state index in [0.29, 0.717) is 34.2 Å². The molecule has 4 rings (SSSR count). The van der Waals surface area contributed by atoms with Crippen molar-refractivity contribution in [2.45, 2.75) is 0 Å². The van der Waals surface area contributed by atoms with Crippen LogP contribution in [-0.2, 0) is 0 Å². The lowest BCUT2D eigenvalue weighted by molar-refractivity contribution is -0.835. The smallest absolute Gasteiger partial charge is 0.354 e. The molecule has 0 amide bonds. The lowest BCUT2D eigenvalue weighted by Crippen LogP contribution is -3.07. The van der Waals surface area contributed by atoms with Gasteiger partial charge in [-0.2, -0.15) is 0 Å². The fourth-order valence-corrected chi connectivity index (χ4v) is 3.37. The molecule has 132 valence electrons. The summed E-state index contributed by atoms with van der Waals surface area (Å²) in [5, 5.41) is 20.4. The van der Waals surface area contributed by atoms with Crippen molar-refractivity contribution < 1.29 is 24.7 Å². The molecule has 4 N–H and O–H groups in total. The minimum absolute atomic E-state index is 0.0595. The van der Waals surface area contributed by atoms with E-state index in [1.165, 1.54) is 18.2 Å². The number of benzene rings is 1. The van der Waals surface area contributed by atoms with E-state index < -0.39 is 5.97 Å². The molecule has 8 nitrogen and oxygen atoms in total. The number of carboxylic acid groups (broad SMARTS) is 1. The minimum Gasteiger partial charge on any atom is -0.508 e. The number of carbonyl (C=O) groups excluding carboxylic acids is 1. The van der Waals surface area contributed by atoms with Crippen molar-refractivity contribution in [1.29, 1.82) is 0 Å². The van der Waals surface area contributed by atoms with E-state index in [1.54, 1.807) is 12.3 Å². The van der Waals surface area contributed by atoms with E-state index in [4.69, 9.17) is 0 Å². The van der Waals surface area contributed by atoms with E-state index in [2.05, 4.69) is 9.97 Å². The summed E-state index contributed by atoms with van der Waals surface area (Å²) in [6.07, 6.45) is 1.74. The Morgan fingerprint density at radius 3 is 2.69 bits per heavy atom. The van der Waals surface area contributed by atoms with E-state index in [0.717, 1.165) is 4.90 Å². The first kappa shape index (κ1) is 16.1. The molecule has 0 saturated carbocycles. The number of nitrogens with zero attached hydrogens (tertiary/aromatic N) is 2. The highest BCUT2D eigenvalue weighted by atomic mass is 16.4. The van der Waals surface area contributed by atoms with Crippen LogP contribution in [0.25, 0.3) is 21.8 Å². The lowest BCUT2D eigenvalue weighted by atomic mass is 10.1. The van der Waals surface area contributed by atoms with Gasteiger partial charge < -0.3 is 20.1 Å². The van der Waals surface area contributed by atoms with E-state index in [9.17, 15) is 19.8 Å². The standard InChI is InChI=1S/C18H16N4O4/c1-21-7-14(22(2)8-21)17(24)16-15-11(6-13(20-16)18(25)26)10-5-9(23)3-4-12(10)19-15/h3-7,19,23H,8H2,1-2H3,(H,25,26)/p+1. The summed E-state index contributed by atoms with van der Waals surface area (Å²) < 4.78 is 0. The summed E-state index contributed by atoms with van der Waals surface area (Å²) >= 11 is 0. The van der Waals surface area contributed by atoms with Crippen molar-refractivity contribution in [2.75, 3.05) is 20.8 Å². The molecule has 0 bridgehead atoms. The maximum Gasteiger partial charge on any atom is 0.354 e. The van der Waals surface area contributed by atoms with Crippen LogP contribution >= 0.6 is 0 Å². The second kappa shape index (κ2) is 5.57. The van der Waals surface area contributed by atoms with Gasteiger partial charge in [-0.05, 0) is 24.3 Å². The first-order valence-corrected chi connectivity index (χ1v) is 8.03. The highest BCUT2D eigenvalue weighted by Gasteiger charge is 2.31. The summed E-state index contributed by atoms with van der Waals surface area (Å²) in [4.78, 5) is 34.7. The fraction of sp³-hybridized carbons (Fsp3) is 0.167. The Bertz CT molecular complexity index is 1120. The number of rotatable bonds is 3. The van der Waals surface area contributed by atoms with E-state index in [-0.39, 0.29) is 22.9 Å². The zero-order valence-corrected chi connectivity index (χ0v) is 14.2. The number of pyridine rings is 1. The van der Waals surface area contributed by atoms with E-state index in [1.807, 2.05) is 19.0 Å². The molecular weight excluding hydrogens is 336 g/mol. The van der Waals surface area contributed by atoms with Crippen LogP contribution < -0.4 is 4.90 Å². The Morgan fingerprint density at radius 1 is 1.27 bits per heavy atom. The van der Waals surface area contributed by atoms with E-state index >= 15 is 0 Å². The number of fused-ring (bicyclic) bond motifs is 3. The second-order valence-corrected chi connectivity index (χ2v) is 6.51. The number of H-pyrrole nitrogens is 1. The normalized spacial score (nSPS) is 17.1. The number of aromatic amines is 1. The van der Waals surface area contributed by atoms with Gasteiger partial charge in [0.05, 0.1) is 18.8 Å². The van der Waals surface area contributed by atoms with Crippen molar-refractivity contribution in [3.05, 3.63) is 47.6 Å². The molecule has 1 aliphatic heterocycles. The molecule has 0 radical (unpaired) electrons. The summed E-state index contributed by atoms with van der Waals surface area (Å²) in [5.74, 6) is -1.48. The van der Waals surface area contributed by atoms with Gasteiger partial charge in [0, 0.05) is 23.3 Å². The highest BCUT2D eigenvalue weighted by molar-refractivity contribution is 6.19. The van der Waals surface area contributed by atoms with Gasteiger partial charge in [-0.25, -0.2) is 9.78 Å². The van der Waals surface area contributed by atoms with Gasteiger partial charge >= 0.3 is 5.97 Å². The number of ketones is 1. The number of carbonyl (C=O) groups is 2. The molecule has 0 spiro atoms. The molecule has 8 heteroatoms. The van der Waals surface area contributed by atoms with Crippen LogP contribution in [0.2, 0.25) is 0 Å². The van der Waals surface area contributed by atoms with Crippen LogP contribution in [0.4, 0.5) is 0 Å². The molecule has 26 heavy (non-hydrogen) atoms. The van der Waals surface area contributed by atoms with Crippen LogP contribution in [0.1, 0.15) is 21.0 Å². The van der Waals surface area contributed by atoms with Gasteiger partial charge in [0.25, 0.3) is 5.78 Å². The lowest BCUT2D eigenvalue weighted by Gasteiger charge is -2.10. The van der Waals surface area contributed by atoms with Crippen molar-refractivity contribution in [3.63, 3.8) is 0 Å². The monoisotopic (exact) mass is 353 g/mol. The average Bonchev–Trinajstić information content (AvgIpc) is 3.12. The molecule has 0 saturated heterocycles. The third kappa shape index (κ3) is 2.39. The number of phenolic OH excluding ortho intramolecular Hbond substituents is 1. The Balaban J connectivity index is 2.01. The van der Waals surface area contributed by atoms with Crippen molar-refractivity contribution in [3.8, 4) is 5.75 Å². The average molecular weight is 353 g/mol. The number of aromatic carboxylic acids is 1. The summed E-state index contributed by atoms with van der Waals surface area (Å²) in [6.45, 7) is 0.642. The molecule has 2 aromatic heterocycles. The van der Waals surface area contributed by atoms with Gasteiger partial charge in [0.1, 0.15) is 17.1 Å². The molecule has 3 heterocycles. The zero-order valence-electron chi connectivity index (χ0n) is 14.2. The maximum absolute atomic E-state index is 13.1. The van der Waals surface area contributed by atoms with Crippen LogP contribution in [0.3, 0.4) is 0 Å². The van der Waals surface area contributed by atoms with Crippen molar-refractivity contribution in [2.24, 2.45) is 0 Å². The van der Waals surface area contributed by atoms with Gasteiger partial charge in [-0.1, -0.05) is 0 Å². The number of allylic oxidation sites excluding steroid dienone is 1. The number of quaternary nitrogens is 1. The van der Waals surface area contributed by atoms with Gasteiger partial charge in [0.15, 0.2) is 12.4 Å². The predicted molar refractivity (Wildman–Crippen MR) is 94.2 cm³/mol. The maximum atomic E-state index is 13.1. The van der Waals surface area contributed by atoms with Gasteiger partial charge in [-0.15, -0.1) is 0 Å². The molecule has 3 aromatic rings. The number of likely N-dealkylation sites (N-methyl/N-ethyl adjacent to an activating group) is 1. The highest BCUT2D eigenvalue weighted by Crippen LogP contribution is 2.31. The fourth-order valence-electron chi connectivity index (χ4n) is 3.37. The predicted octanol–water partition coefficient (Wildman–Crippen LogP) is 0.562. The summed E-state index contributed by atoms with van der Waals surface area (Å²) in [5.41, 5.74) is 1.52. The first-order chi connectivity index (χ1) is 12.3. The molecular formula is C18H17N4O4+. The molecule has 1 atom stereocenters. The van der Waals surface area contributed by atoms with Crippen molar-refractivity contribution >= 4 is 33.6 Å². The number of aromatic nitrogens is 2. The number of carboxylic acids is 1. The number of phenols is 1. The molecule has 1 aliphatic rings. The van der Waals surface area contributed by atoms with Crippen LogP contribution in [0.15, 0.2) is 36.2 Å². The SMILES string of the molecule is CN1C=C(C(=O)c2nc(C(=O)O)cc3c2[nH]c2ccc(O)cc23)[NH+](C)C1. The summed E-state index contributed by atoms with van der Waals surface area (Å²) in [7, 11) is 3.74. The number of hydrogen-bond donors (Lipinski definition) is 4. The molecule has 0 fully saturated rings. The number of nitrogens with one attached hydrogen (secondary N) is 2. The quantitative estimate of drug-likeness (QED) is 0.512. The number of Topliss-reactive ketones (excluding diaryl/α,β-unsaturated/α-hetero) is 1. The molecule has 0 aliphatic carbocycles. The van der Waals surface area contributed by atoms with Crippen LogP contribution in [0, 0.1) is 0 Å². The third-order valence-corrected chi connectivity index (χ3v) is 4.55. The van der Waals surface area contributed by atoms with Crippen LogP contribution in [0.5, 0.6) is 5.75 Å². The van der Waals surface area contributed by atoms with Gasteiger partial charge in [0.2, 0.25) is 0 Å². The third-order valence-electron chi connectivity index (χ3n) is 4.55. The minimum atomic E-state index is -1.21.